The molecule has 0 aromatic carbocycles. The first-order valence-corrected chi connectivity index (χ1v) is 10.3. The number of anilines is 2. The van der Waals surface area contributed by atoms with Gasteiger partial charge in [0.1, 0.15) is 11.5 Å². The number of halogens is 3. The fraction of sp³-hybridized carbons (Fsp3) is 0.333. The molecule has 9 nitrogen and oxygen atoms in total. The van der Waals surface area contributed by atoms with Crippen molar-refractivity contribution in [1.29, 1.82) is 0 Å². The third-order valence-corrected chi connectivity index (χ3v) is 4.41. The summed E-state index contributed by atoms with van der Waals surface area (Å²) in [6.45, 7) is 4.38. The molecule has 3 aromatic rings. The second-order valence-corrected chi connectivity index (χ2v) is 6.76. The quantitative estimate of drug-likeness (QED) is 0.393. The Morgan fingerprint density at radius 2 is 1.85 bits per heavy atom. The van der Waals surface area contributed by atoms with Crippen molar-refractivity contribution in [2.24, 2.45) is 5.73 Å². The van der Waals surface area contributed by atoms with E-state index in [1.165, 1.54) is 6.20 Å². The van der Waals surface area contributed by atoms with Crippen LogP contribution in [-0.2, 0) is 11.0 Å². The van der Waals surface area contributed by atoms with Gasteiger partial charge in [0.05, 0.1) is 11.8 Å². The fourth-order valence-electron chi connectivity index (χ4n) is 2.91. The average molecular weight is 465 g/mol. The number of pyridine rings is 2. The molecule has 12 heteroatoms. The zero-order valence-electron chi connectivity index (χ0n) is 18.2. The maximum absolute atomic E-state index is 13.1. The minimum Gasteiger partial charge on any atom is -0.383 e. The van der Waals surface area contributed by atoms with Gasteiger partial charge in [0, 0.05) is 36.5 Å². The van der Waals surface area contributed by atoms with Crippen LogP contribution in [-0.4, -0.2) is 32.9 Å². The minimum absolute atomic E-state index is 0.233. The predicted octanol–water partition coefficient (Wildman–Crippen LogP) is 3.80. The second kappa shape index (κ2) is 11.2. The van der Waals surface area contributed by atoms with Crippen LogP contribution in [0.15, 0.2) is 36.8 Å². The van der Waals surface area contributed by atoms with E-state index < -0.39 is 23.6 Å². The molecule has 0 radical (unpaired) electrons. The Bertz CT molecular complexity index is 1110. The molecule has 0 spiro atoms. The van der Waals surface area contributed by atoms with Crippen LogP contribution in [0.1, 0.15) is 38.7 Å². The maximum Gasteiger partial charge on any atom is 0.419 e. The highest BCUT2D eigenvalue weighted by Crippen LogP contribution is 2.35. The zero-order valence-corrected chi connectivity index (χ0v) is 18.2. The lowest BCUT2D eigenvalue weighted by Crippen LogP contribution is -2.30. The molecule has 0 aliphatic rings. The van der Waals surface area contributed by atoms with Gasteiger partial charge in [-0.2, -0.15) is 13.2 Å². The van der Waals surface area contributed by atoms with Crippen LogP contribution in [0.5, 0.6) is 0 Å². The van der Waals surface area contributed by atoms with E-state index in [0.717, 1.165) is 6.07 Å². The van der Waals surface area contributed by atoms with Gasteiger partial charge in [-0.3, -0.25) is 4.79 Å². The minimum atomic E-state index is -4.61. The number of imidazole rings is 1. The van der Waals surface area contributed by atoms with Gasteiger partial charge in [0.15, 0.2) is 5.82 Å². The number of nitrogens with one attached hydrogen (secondary N) is 2. The van der Waals surface area contributed by atoms with Crippen LogP contribution in [0.2, 0.25) is 0 Å². The van der Waals surface area contributed by atoms with Gasteiger partial charge in [0.2, 0.25) is 5.91 Å². The zero-order chi connectivity index (χ0) is 24.6. The summed E-state index contributed by atoms with van der Waals surface area (Å²) in [4.78, 5) is 30.5. The Labute approximate surface area is 188 Å². The van der Waals surface area contributed by atoms with Crippen LogP contribution >= 0.6 is 0 Å². The lowest BCUT2D eigenvalue weighted by Gasteiger charge is -2.11. The summed E-state index contributed by atoms with van der Waals surface area (Å²) in [5.74, 6) is -0.528. The lowest BCUT2D eigenvalue weighted by molar-refractivity contribution is -0.137. The third-order valence-electron chi connectivity index (χ3n) is 4.41. The summed E-state index contributed by atoms with van der Waals surface area (Å²) in [5, 5.41) is 5.10. The molecule has 0 bridgehead atoms. The van der Waals surface area contributed by atoms with E-state index in [0.29, 0.717) is 36.4 Å². The molecule has 3 amide bonds. The number of nitrogens with two attached hydrogens (primary N) is 2. The molecule has 3 aromatic heterocycles. The molecule has 0 saturated carbocycles. The summed E-state index contributed by atoms with van der Waals surface area (Å²) in [6, 6.07) is 3.55. The van der Waals surface area contributed by atoms with E-state index in [-0.39, 0.29) is 17.9 Å². The summed E-state index contributed by atoms with van der Waals surface area (Å²) < 4.78 is 40.9. The van der Waals surface area contributed by atoms with Gasteiger partial charge in [-0.05, 0) is 31.0 Å². The Kier molecular flexibility index (Phi) is 8.60. The van der Waals surface area contributed by atoms with Crippen molar-refractivity contribution in [3.8, 4) is 11.1 Å². The highest BCUT2D eigenvalue weighted by molar-refractivity contribution is 5.90. The number of nitrogens with zero attached hydrogens (tertiary/aromatic N) is 3. The average Bonchev–Trinajstić information content (AvgIpc) is 3.15. The van der Waals surface area contributed by atoms with Crippen LogP contribution in [0, 0.1) is 0 Å². The Hall–Kier alpha value is -3.83. The number of unbranched alkanes of at least 4 members (excludes halogenated alkanes) is 1. The monoisotopic (exact) mass is 465 g/mol. The van der Waals surface area contributed by atoms with Gasteiger partial charge >= 0.3 is 12.2 Å². The molecule has 3 heterocycles. The van der Waals surface area contributed by atoms with Crippen molar-refractivity contribution in [3.05, 3.63) is 42.4 Å². The number of urea groups is 1. The molecular formula is C21H26F3N7O2. The van der Waals surface area contributed by atoms with Crippen LogP contribution < -0.4 is 22.1 Å². The Morgan fingerprint density at radius 1 is 1.12 bits per heavy atom. The van der Waals surface area contributed by atoms with Crippen LogP contribution in [0.4, 0.5) is 29.6 Å². The van der Waals surface area contributed by atoms with Crippen molar-refractivity contribution in [2.75, 3.05) is 17.6 Å². The highest BCUT2D eigenvalue weighted by atomic mass is 19.4. The lowest BCUT2D eigenvalue weighted by atomic mass is 10.1. The van der Waals surface area contributed by atoms with E-state index in [4.69, 9.17) is 11.5 Å². The molecule has 0 saturated heterocycles. The highest BCUT2D eigenvalue weighted by Gasteiger charge is 2.34. The van der Waals surface area contributed by atoms with Crippen molar-refractivity contribution in [2.45, 2.75) is 39.3 Å². The predicted molar refractivity (Wildman–Crippen MR) is 119 cm³/mol. The maximum atomic E-state index is 13.1. The number of hydrogen-bond donors (Lipinski definition) is 4. The van der Waals surface area contributed by atoms with Crippen molar-refractivity contribution in [3.63, 3.8) is 0 Å². The summed E-state index contributed by atoms with van der Waals surface area (Å²) in [7, 11) is 0. The van der Waals surface area contributed by atoms with Gasteiger partial charge < -0.3 is 26.5 Å². The van der Waals surface area contributed by atoms with Crippen molar-refractivity contribution >= 4 is 29.2 Å². The fourth-order valence-corrected chi connectivity index (χ4v) is 2.91. The second-order valence-electron chi connectivity index (χ2n) is 6.76. The van der Waals surface area contributed by atoms with Crippen molar-refractivity contribution in [1.82, 2.24) is 19.7 Å². The Balaban J connectivity index is 0.00000187. The third kappa shape index (κ3) is 7.09. The topological polar surface area (TPSA) is 140 Å². The standard InChI is InChI=1S/C19H20F3N7O2.C2H6/c20-19(21,22)13-7-12(8-26-17(13)23)11-4-5-15-27-14(10-29(15)9-11)28-16(30)3-1-2-6-25-18(24)31;1-2/h4-5,7-10H,1-3,6H2,(H2,23,26)(H,28,30)(H3,24,25,31);1-2H3. The first-order valence-electron chi connectivity index (χ1n) is 10.3. The first-order chi connectivity index (χ1) is 15.6. The summed E-state index contributed by atoms with van der Waals surface area (Å²) >= 11 is 0. The number of amides is 3. The SMILES string of the molecule is CC.NC(=O)NCCCCC(=O)Nc1cn2cc(-c3cnc(N)c(C(F)(F)F)c3)ccc2n1. The van der Waals surface area contributed by atoms with Crippen LogP contribution in [0.25, 0.3) is 16.8 Å². The van der Waals surface area contributed by atoms with Gasteiger partial charge in [-0.1, -0.05) is 13.8 Å². The van der Waals surface area contributed by atoms with Gasteiger partial charge in [-0.25, -0.2) is 14.8 Å². The molecule has 0 atom stereocenters. The van der Waals surface area contributed by atoms with E-state index in [1.54, 1.807) is 28.9 Å². The molecule has 33 heavy (non-hydrogen) atoms. The number of alkyl halides is 3. The number of rotatable bonds is 7. The number of fused-ring (bicyclic) bond motifs is 1. The van der Waals surface area contributed by atoms with E-state index in [1.807, 2.05) is 13.8 Å². The first kappa shape index (κ1) is 25.4. The number of nitrogen functional groups attached to an aromatic ring is 1. The molecule has 0 fully saturated rings. The smallest absolute Gasteiger partial charge is 0.383 e. The number of carbonyl (C=O) groups excluding carboxylic acids is 2. The summed E-state index contributed by atoms with van der Waals surface area (Å²) in [6.07, 6.45) is 1.17. The largest absolute Gasteiger partial charge is 0.419 e. The molecule has 0 aliphatic heterocycles. The molecule has 6 N–H and O–H groups in total. The normalized spacial score (nSPS) is 10.9. The van der Waals surface area contributed by atoms with E-state index >= 15 is 0 Å². The van der Waals surface area contributed by atoms with Crippen molar-refractivity contribution < 1.29 is 22.8 Å². The number of aromatic nitrogens is 3. The molecule has 3 rings (SSSR count). The van der Waals surface area contributed by atoms with Gasteiger partial charge in [-0.15, -0.1) is 0 Å². The molecule has 0 unspecified atom stereocenters. The number of primary amides is 1. The molecular weight excluding hydrogens is 439 g/mol. The number of carbonyl (C=O) groups is 2. The number of hydrogen-bond acceptors (Lipinski definition) is 5. The molecule has 0 aliphatic carbocycles. The summed E-state index contributed by atoms with van der Waals surface area (Å²) in [5.41, 5.74) is 10.5. The Morgan fingerprint density at radius 3 is 2.52 bits per heavy atom. The van der Waals surface area contributed by atoms with Gasteiger partial charge in [0.25, 0.3) is 0 Å². The van der Waals surface area contributed by atoms with E-state index in [9.17, 15) is 22.8 Å². The van der Waals surface area contributed by atoms with Crippen LogP contribution in [0.3, 0.4) is 0 Å². The van der Waals surface area contributed by atoms with E-state index in [2.05, 4.69) is 20.6 Å². The molecule has 178 valence electrons.